The fourth-order valence-corrected chi connectivity index (χ4v) is 3.81. The average molecular weight is 340 g/mol. The minimum Gasteiger partial charge on any atom is -0.507 e. The van der Waals surface area contributed by atoms with Crippen molar-refractivity contribution in [3.63, 3.8) is 0 Å². The summed E-state index contributed by atoms with van der Waals surface area (Å²) in [6, 6.07) is 9.18. The lowest BCUT2D eigenvalue weighted by molar-refractivity contribution is -0.136. The quantitative estimate of drug-likeness (QED) is 0.789. The van der Waals surface area contributed by atoms with Crippen LogP contribution in [0.15, 0.2) is 36.4 Å². The highest BCUT2D eigenvalue weighted by Gasteiger charge is 2.33. The Hall–Kier alpha value is -1.54. The van der Waals surface area contributed by atoms with Crippen LogP contribution in [0.4, 0.5) is 13.2 Å². The lowest BCUT2D eigenvalue weighted by atomic mass is 9.85. The van der Waals surface area contributed by atoms with Gasteiger partial charge in [-0.2, -0.15) is 13.2 Å². The van der Waals surface area contributed by atoms with Crippen LogP contribution in [-0.2, 0) is 11.6 Å². The zero-order valence-electron chi connectivity index (χ0n) is 13.5. The molecule has 0 heterocycles. The Morgan fingerprint density at radius 2 is 1.52 bits per heavy atom. The van der Waals surface area contributed by atoms with Crippen molar-refractivity contribution in [3.8, 4) is 5.75 Å². The number of aromatic hydroxyl groups is 1. The van der Waals surface area contributed by atoms with Crippen molar-refractivity contribution in [2.24, 2.45) is 0 Å². The zero-order chi connectivity index (χ0) is 17.4. The fourth-order valence-electron chi connectivity index (χ4n) is 2.43. The maximum absolute atomic E-state index is 13.1. The Kier molecular flexibility index (Phi) is 4.77. The molecule has 0 saturated heterocycles. The highest BCUT2D eigenvalue weighted by molar-refractivity contribution is 7.55. The number of hydrogen-bond donors (Lipinski definition) is 1. The van der Waals surface area contributed by atoms with Gasteiger partial charge in [-0.3, -0.25) is 0 Å². The summed E-state index contributed by atoms with van der Waals surface area (Å²) in [7, 11) is -0.250. The van der Waals surface area contributed by atoms with Gasteiger partial charge in [0, 0.05) is 10.9 Å². The van der Waals surface area contributed by atoms with E-state index in [1.807, 2.05) is 33.8 Å². The third kappa shape index (κ3) is 4.06. The smallest absolute Gasteiger partial charge is 0.417 e. The second-order valence-corrected chi connectivity index (χ2v) is 7.95. The summed E-state index contributed by atoms with van der Waals surface area (Å²) in [5.41, 5.74) is 0.763. The number of phenols is 1. The van der Waals surface area contributed by atoms with Gasteiger partial charge in [0.1, 0.15) is 5.75 Å². The lowest BCUT2D eigenvalue weighted by Crippen LogP contribution is -2.20. The molecule has 1 nitrogen and oxygen atoms in total. The van der Waals surface area contributed by atoms with Crippen molar-refractivity contribution in [3.05, 3.63) is 53.1 Å². The van der Waals surface area contributed by atoms with Gasteiger partial charge in [0.25, 0.3) is 0 Å². The minimum atomic E-state index is -4.39. The molecular weight excluding hydrogens is 320 g/mol. The molecule has 1 unspecified atom stereocenters. The van der Waals surface area contributed by atoms with Crippen molar-refractivity contribution in [1.82, 2.24) is 0 Å². The summed E-state index contributed by atoms with van der Waals surface area (Å²) in [6.45, 7) is 7.80. The highest BCUT2D eigenvalue weighted by Crippen LogP contribution is 2.35. The van der Waals surface area contributed by atoms with Gasteiger partial charge < -0.3 is 5.11 Å². The molecule has 1 N–H and O–H groups in total. The van der Waals surface area contributed by atoms with Crippen molar-refractivity contribution < 1.29 is 18.3 Å². The normalized spacial score (nSPS) is 13.0. The summed E-state index contributed by atoms with van der Waals surface area (Å²) in [4.78, 5) is 0. The third-order valence-corrected chi connectivity index (χ3v) is 4.92. The first-order chi connectivity index (χ1) is 10.5. The Morgan fingerprint density at radius 1 is 0.913 bits per heavy atom. The van der Waals surface area contributed by atoms with E-state index in [0.717, 1.165) is 17.2 Å². The molecule has 2 aromatic carbocycles. The maximum atomic E-state index is 13.1. The van der Waals surface area contributed by atoms with E-state index in [0.29, 0.717) is 5.30 Å². The standard InChI is InChI=1S/C18H20F3OP/c1-11-9-13(17(2,3)4)16(22)15(10-11)23-14-8-6-5-7-12(14)18(19,20)21/h5-10,22-23H,1-4H3. The molecule has 0 aromatic heterocycles. The van der Waals surface area contributed by atoms with Gasteiger partial charge in [-0.05, 0) is 35.3 Å². The monoisotopic (exact) mass is 340 g/mol. The first kappa shape index (κ1) is 17.8. The van der Waals surface area contributed by atoms with E-state index in [2.05, 4.69) is 0 Å². The zero-order valence-corrected chi connectivity index (χ0v) is 14.5. The third-order valence-electron chi connectivity index (χ3n) is 3.56. The summed E-state index contributed by atoms with van der Waals surface area (Å²) >= 11 is 0. The van der Waals surface area contributed by atoms with Crippen LogP contribution in [0.2, 0.25) is 0 Å². The van der Waals surface area contributed by atoms with Crippen molar-refractivity contribution >= 4 is 19.2 Å². The first-order valence-electron chi connectivity index (χ1n) is 7.27. The van der Waals surface area contributed by atoms with E-state index in [1.165, 1.54) is 12.1 Å². The predicted octanol–water partition coefficient (Wildman–Crippen LogP) is 4.65. The molecule has 0 amide bonds. The van der Waals surface area contributed by atoms with Crippen molar-refractivity contribution in [2.75, 3.05) is 0 Å². The summed E-state index contributed by atoms with van der Waals surface area (Å²) in [5.74, 6) is 0.0958. The van der Waals surface area contributed by atoms with Crippen LogP contribution >= 0.6 is 8.58 Å². The van der Waals surface area contributed by atoms with Crippen LogP contribution in [0.1, 0.15) is 37.5 Å². The summed E-state index contributed by atoms with van der Waals surface area (Å²) < 4.78 is 39.4. The largest absolute Gasteiger partial charge is 0.507 e. The Balaban J connectivity index is 2.53. The highest BCUT2D eigenvalue weighted by atomic mass is 31.1. The number of alkyl halides is 3. The number of phenolic OH excluding ortho intramolecular Hbond substituents is 1. The first-order valence-corrected chi connectivity index (χ1v) is 8.27. The van der Waals surface area contributed by atoms with Crippen LogP contribution in [-0.4, -0.2) is 5.11 Å². The van der Waals surface area contributed by atoms with E-state index in [-0.39, 0.29) is 25.0 Å². The fraction of sp³-hybridized carbons (Fsp3) is 0.333. The molecule has 23 heavy (non-hydrogen) atoms. The number of halogens is 3. The van der Waals surface area contributed by atoms with Crippen LogP contribution in [0, 0.1) is 6.92 Å². The predicted molar refractivity (Wildman–Crippen MR) is 90.6 cm³/mol. The molecule has 0 fully saturated rings. The van der Waals surface area contributed by atoms with E-state index in [9.17, 15) is 18.3 Å². The van der Waals surface area contributed by atoms with E-state index < -0.39 is 11.7 Å². The molecule has 0 aliphatic carbocycles. The topological polar surface area (TPSA) is 20.2 Å². The molecule has 0 saturated carbocycles. The molecule has 5 heteroatoms. The van der Waals surface area contributed by atoms with Gasteiger partial charge in [-0.1, -0.05) is 53.6 Å². The van der Waals surface area contributed by atoms with E-state index in [1.54, 1.807) is 12.1 Å². The number of rotatable bonds is 2. The molecule has 0 bridgehead atoms. The van der Waals surface area contributed by atoms with Gasteiger partial charge >= 0.3 is 6.18 Å². The van der Waals surface area contributed by atoms with Gasteiger partial charge in [0.15, 0.2) is 0 Å². The van der Waals surface area contributed by atoms with Gasteiger partial charge in [0.2, 0.25) is 0 Å². The Morgan fingerprint density at radius 3 is 2.09 bits per heavy atom. The maximum Gasteiger partial charge on any atom is 0.417 e. The molecule has 0 spiro atoms. The SMILES string of the molecule is Cc1cc(Pc2ccccc2C(F)(F)F)c(O)c(C(C)(C)C)c1. The number of hydrogen-bond acceptors (Lipinski definition) is 1. The average Bonchev–Trinajstić information content (AvgIpc) is 2.40. The van der Waals surface area contributed by atoms with Crippen LogP contribution in [0.25, 0.3) is 0 Å². The van der Waals surface area contributed by atoms with Crippen LogP contribution in [0.3, 0.4) is 0 Å². The molecular formula is C18H20F3OP. The number of benzene rings is 2. The van der Waals surface area contributed by atoms with Crippen LogP contribution < -0.4 is 10.6 Å². The second-order valence-electron chi connectivity index (χ2n) is 6.63. The second kappa shape index (κ2) is 6.16. The molecule has 1 atom stereocenters. The Labute approximate surface area is 136 Å². The molecule has 0 aliphatic rings. The van der Waals surface area contributed by atoms with Gasteiger partial charge in [-0.25, -0.2) is 0 Å². The Bertz CT molecular complexity index is 715. The summed E-state index contributed by atoms with van der Waals surface area (Å²) in [6.07, 6.45) is -4.39. The molecule has 2 aromatic rings. The molecule has 2 rings (SSSR count). The van der Waals surface area contributed by atoms with E-state index >= 15 is 0 Å². The number of aryl methyl sites for hydroxylation is 1. The molecule has 0 radical (unpaired) electrons. The molecule has 124 valence electrons. The van der Waals surface area contributed by atoms with Gasteiger partial charge in [0.05, 0.1) is 5.56 Å². The van der Waals surface area contributed by atoms with Crippen molar-refractivity contribution in [2.45, 2.75) is 39.3 Å². The lowest BCUT2D eigenvalue weighted by Gasteiger charge is -2.23. The minimum absolute atomic E-state index is 0.0958. The van der Waals surface area contributed by atoms with Crippen molar-refractivity contribution in [1.29, 1.82) is 0 Å². The summed E-state index contributed by atoms with van der Waals surface area (Å²) in [5, 5.41) is 11.3. The van der Waals surface area contributed by atoms with Crippen LogP contribution in [0.5, 0.6) is 5.75 Å². The molecule has 0 aliphatic heterocycles. The van der Waals surface area contributed by atoms with Gasteiger partial charge in [-0.15, -0.1) is 0 Å². The van der Waals surface area contributed by atoms with E-state index in [4.69, 9.17) is 0 Å².